The van der Waals surface area contributed by atoms with Crippen LogP contribution in [0.5, 0.6) is 0 Å². The summed E-state index contributed by atoms with van der Waals surface area (Å²) in [5.74, 6) is -0.504. The molecule has 0 fully saturated rings. The van der Waals surface area contributed by atoms with Crippen LogP contribution in [0.25, 0.3) is 6.08 Å². The Labute approximate surface area is 113 Å². The van der Waals surface area contributed by atoms with Gasteiger partial charge in [-0.2, -0.15) is 5.26 Å². The molecule has 0 saturated heterocycles. The smallest absolute Gasteiger partial charge is 0.334 e. The van der Waals surface area contributed by atoms with Gasteiger partial charge in [0, 0.05) is 17.4 Å². The Bertz CT molecular complexity index is 563. The van der Waals surface area contributed by atoms with Crippen LogP contribution in [-0.2, 0) is 9.53 Å². The van der Waals surface area contributed by atoms with Crippen molar-refractivity contribution < 1.29 is 14.5 Å². The number of methoxy groups -OCH3 is 1. The van der Waals surface area contributed by atoms with Gasteiger partial charge in [0.15, 0.2) is 0 Å². The number of nitrogens with zero attached hydrogens (tertiary/aromatic N) is 2. The number of thioether (sulfide) groups is 1. The highest BCUT2D eigenvalue weighted by atomic mass is 32.2. The summed E-state index contributed by atoms with van der Waals surface area (Å²) >= 11 is 0.860. The van der Waals surface area contributed by atoms with E-state index < -0.39 is 10.9 Å². The number of benzene rings is 1. The first-order chi connectivity index (χ1) is 9.10. The van der Waals surface area contributed by atoms with Crippen LogP contribution in [0.15, 0.2) is 29.8 Å². The molecular formula is C12H10N2O4S. The Kier molecular flexibility index (Phi) is 5.57. The molecule has 0 aliphatic heterocycles. The Hall–Kier alpha value is -2.33. The fourth-order valence-electron chi connectivity index (χ4n) is 1.36. The summed E-state index contributed by atoms with van der Waals surface area (Å²) in [6.07, 6.45) is 1.37. The molecule has 0 spiro atoms. The minimum Gasteiger partial charge on any atom is -0.466 e. The highest BCUT2D eigenvalue weighted by Crippen LogP contribution is 2.22. The van der Waals surface area contributed by atoms with E-state index in [1.165, 1.54) is 31.4 Å². The molecule has 0 aliphatic carbocycles. The van der Waals surface area contributed by atoms with Crippen LogP contribution in [0.4, 0.5) is 5.69 Å². The largest absolute Gasteiger partial charge is 0.466 e. The van der Waals surface area contributed by atoms with E-state index in [0.717, 1.165) is 11.8 Å². The highest BCUT2D eigenvalue weighted by Gasteiger charge is 2.15. The summed E-state index contributed by atoms with van der Waals surface area (Å²) in [4.78, 5) is 21.8. The van der Waals surface area contributed by atoms with Gasteiger partial charge in [-0.15, -0.1) is 0 Å². The zero-order valence-electron chi connectivity index (χ0n) is 10.0. The monoisotopic (exact) mass is 278 g/mol. The van der Waals surface area contributed by atoms with Crippen LogP contribution in [-0.4, -0.2) is 23.8 Å². The van der Waals surface area contributed by atoms with E-state index in [0.29, 0.717) is 5.56 Å². The molecule has 0 unspecified atom stereocenters. The topological polar surface area (TPSA) is 93.2 Å². The maximum atomic E-state index is 11.5. The Balaban J connectivity index is 3.18. The summed E-state index contributed by atoms with van der Waals surface area (Å²) in [5, 5.41) is 21.2. The van der Waals surface area contributed by atoms with Crippen LogP contribution in [0.1, 0.15) is 5.56 Å². The molecule has 0 atom stereocenters. The summed E-state index contributed by atoms with van der Waals surface area (Å²) in [6, 6.07) is 6.04. The minimum atomic E-state index is -0.610. The summed E-state index contributed by atoms with van der Waals surface area (Å²) in [7, 11) is 1.21. The third-order valence-electron chi connectivity index (χ3n) is 2.20. The molecule has 0 aliphatic rings. The molecule has 0 N–H and O–H groups in total. The van der Waals surface area contributed by atoms with Crippen LogP contribution >= 0.6 is 11.8 Å². The number of rotatable bonds is 5. The summed E-state index contributed by atoms with van der Waals surface area (Å²) < 4.78 is 4.58. The molecule has 0 aromatic heterocycles. The molecule has 98 valence electrons. The van der Waals surface area contributed by atoms with Crippen molar-refractivity contribution >= 4 is 29.5 Å². The van der Waals surface area contributed by atoms with Crippen molar-refractivity contribution in [1.29, 1.82) is 5.26 Å². The van der Waals surface area contributed by atoms with Crippen LogP contribution in [0.2, 0.25) is 0 Å². The number of hydrogen-bond acceptors (Lipinski definition) is 6. The minimum absolute atomic E-state index is 0.106. The first-order valence-electron chi connectivity index (χ1n) is 5.13. The molecule has 7 heteroatoms. The van der Waals surface area contributed by atoms with E-state index in [1.54, 1.807) is 6.07 Å². The van der Waals surface area contributed by atoms with Crippen molar-refractivity contribution in [2.24, 2.45) is 0 Å². The lowest BCUT2D eigenvalue weighted by atomic mass is 10.1. The SMILES string of the molecule is COC(=O)/C(=C/c1ccccc1[N+](=O)[O-])CSC#N. The van der Waals surface area contributed by atoms with Gasteiger partial charge in [0.1, 0.15) is 5.40 Å². The van der Waals surface area contributed by atoms with E-state index in [-0.39, 0.29) is 17.0 Å². The van der Waals surface area contributed by atoms with Crippen molar-refractivity contribution in [2.75, 3.05) is 12.9 Å². The fourth-order valence-corrected chi connectivity index (χ4v) is 1.79. The predicted molar refractivity (Wildman–Crippen MR) is 71.2 cm³/mol. The lowest BCUT2D eigenvalue weighted by Gasteiger charge is -2.03. The third-order valence-corrected chi connectivity index (χ3v) is 2.79. The molecule has 6 nitrogen and oxygen atoms in total. The van der Waals surface area contributed by atoms with Gasteiger partial charge < -0.3 is 4.74 Å². The first-order valence-corrected chi connectivity index (χ1v) is 6.12. The van der Waals surface area contributed by atoms with E-state index in [2.05, 4.69) is 4.74 Å². The van der Waals surface area contributed by atoms with E-state index >= 15 is 0 Å². The number of para-hydroxylation sites is 1. The number of carbonyl (C=O) groups is 1. The standard InChI is InChI=1S/C12H10N2O4S/c1-18-12(15)10(7-19-8-13)6-9-4-2-3-5-11(9)14(16)17/h2-6H,7H2,1H3/b10-6+. The average molecular weight is 278 g/mol. The van der Waals surface area contributed by atoms with E-state index in [4.69, 9.17) is 5.26 Å². The molecule has 1 aromatic rings. The normalized spacial score (nSPS) is 10.6. The zero-order valence-corrected chi connectivity index (χ0v) is 10.8. The molecule has 0 amide bonds. The Morgan fingerprint density at radius 3 is 2.84 bits per heavy atom. The second-order valence-corrected chi connectivity index (χ2v) is 4.12. The number of thiocyanates is 1. The molecule has 1 aromatic carbocycles. The van der Waals surface area contributed by atoms with Crippen molar-refractivity contribution in [3.8, 4) is 5.40 Å². The van der Waals surface area contributed by atoms with Gasteiger partial charge in [0.2, 0.25) is 0 Å². The van der Waals surface area contributed by atoms with Crippen LogP contribution in [0, 0.1) is 20.8 Å². The van der Waals surface area contributed by atoms with Crippen LogP contribution < -0.4 is 0 Å². The van der Waals surface area contributed by atoms with Gasteiger partial charge >= 0.3 is 5.97 Å². The van der Waals surface area contributed by atoms with Gasteiger partial charge in [-0.05, 0) is 23.9 Å². The summed E-state index contributed by atoms with van der Waals surface area (Å²) in [6.45, 7) is 0. The summed E-state index contributed by atoms with van der Waals surface area (Å²) in [5.41, 5.74) is 0.389. The molecule has 19 heavy (non-hydrogen) atoms. The van der Waals surface area contributed by atoms with Gasteiger partial charge in [-0.3, -0.25) is 10.1 Å². The maximum absolute atomic E-state index is 11.5. The van der Waals surface area contributed by atoms with Crippen molar-refractivity contribution in [2.45, 2.75) is 0 Å². The first kappa shape index (κ1) is 14.7. The molecule has 0 bridgehead atoms. The maximum Gasteiger partial charge on any atom is 0.334 e. The quantitative estimate of drug-likeness (QED) is 0.270. The Morgan fingerprint density at radius 1 is 1.58 bits per heavy atom. The molecule has 0 radical (unpaired) electrons. The second kappa shape index (κ2) is 7.18. The van der Waals surface area contributed by atoms with Crippen molar-refractivity contribution in [1.82, 2.24) is 0 Å². The lowest BCUT2D eigenvalue weighted by Crippen LogP contribution is -2.07. The third kappa shape index (κ3) is 4.12. The molecular weight excluding hydrogens is 268 g/mol. The van der Waals surface area contributed by atoms with Gasteiger partial charge in [-0.25, -0.2) is 4.79 Å². The number of nitro groups is 1. The fraction of sp³-hybridized carbons (Fsp3) is 0.167. The van der Waals surface area contributed by atoms with Gasteiger partial charge in [0.05, 0.1) is 17.6 Å². The molecule has 0 heterocycles. The number of carbonyl (C=O) groups excluding carboxylic acids is 1. The van der Waals surface area contributed by atoms with E-state index in [9.17, 15) is 14.9 Å². The Morgan fingerprint density at radius 2 is 2.26 bits per heavy atom. The predicted octanol–water partition coefficient (Wildman–Crippen LogP) is 2.37. The second-order valence-electron chi connectivity index (χ2n) is 3.36. The number of ether oxygens (including phenoxy) is 1. The highest BCUT2D eigenvalue weighted by molar-refractivity contribution is 8.03. The van der Waals surface area contributed by atoms with E-state index in [1.807, 2.05) is 5.40 Å². The van der Waals surface area contributed by atoms with Crippen molar-refractivity contribution in [3.05, 3.63) is 45.5 Å². The number of nitriles is 1. The number of hydrogen-bond donors (Lipinski definition) is 0. The average Bonchev–Trinajstić information content (AvgIpc) is 2.42. The number of nitro benzene ring substituents is 1. The molecule has 0 saturated carbocycles. The number of esters is 1. The molecule has 1 rings (SSSR count). The lowest BCUT2D eigenvalue weighted by molar-refractivity contribution is -0.385. The van der Waals surface area contributed by atoms with Gasteiger partial charge in [-0.1, -0.05) is 12.1 Å². The van der Waals surface area contributed by atoms with Crippen LogP contribution in [0.3, 0.4) is 0 Å². The van der Waals surface area contributed by atoms with Gasteiger partial charge in [0.25, 0.3) is 5.69 Å². The zero-order chi connectivity index (χ0) is 14.3. The van der Waals surface area contributed by atoms with Crippen molar-refractivity contribution in [3.63, 3.8) is 0 Å².